The lowest BCUT2D eigenvalue weighted by molar-refractivity contribution is -0.0528. The molecule has 21 heavy (non-hydrogen) atoms. The van der Waals surface area contributed by atoms with Gasteiger partial charge in [0.15, 0.2) is 8.32 Å². The van der Waals surface area contributed by atoms with E-state index in [1.54, 1.807) is 12.1 Å². The Hall–Kier alpha value is -0.783. The smallest absolute Gasteiger partial charge is 0.295 e. The van der Waals surface area contributed by atoms with E-state index in [0.29, 0.717) is 0 Å². The minimum absolute atomic E-state index is 0.118. The molecule has 120 valence electrons. The van der Waals surface area contributed by atoms with E-state index in [4.69, 9.17) is 4.43 Å². The predicted octanol–water partition coefficient (Wildman–Crippen LogP) is 4.85. The first kappa shape index (κ1) is 18.3. The van der Waals surface area contributed by atoms with Gasteiger partial charge in [0.25, 0.3) is 5.92 Å². The molecule has 1 atom stereocenters. The molecule has 0 bridgehead atoms. The molecule has 0 aromatic heterocycles. The van der Waals surface area contributed by atoms with E-state index < -0.39 is 27.0 Å². The lowest BCUT2D eigenvalue weighted by atomic mass is 9.98. The highest BCUT2D eigenvalue weighted by atomic mass is 28.4. The molecular formula is C16H26F2O2Si. The van der Waals surface area contributed by atoms with Crippen molar-refractivity contribution in [1.29, 1.82) is 0 Å². The summed E-state index contributed by atoms with van der Waals surface area (Å²) in [5, 5.41) is 9.54. The minimum atomic E-state index is -3.11. The average molecular weight is 316 g/mol. The van der Waals surface area contributed by atoms with Crippen LogP contribution in [0.5, 0.6) is 0 Å². The number of alkyl halides is 2. The molecule has 1 aromatic rings. The maximum Gasteiger partial charge on any atom is 0.295 e. The van der Waals surface area contributed by atoms with E-state index >= 15 is 0 Å². The summed E-state index contributed by atoms with van der Waals surface area (Å²) in [4.78, 5) is 0. The fourth-order valence-electron chi connectivity index (χ4n) is 1.76. The highest BCUT2D eigenvalue weighted by Gasteiger charge is 2.42. The van der Waals surface area contributed by atoms with Crippen molar-refractivity contribution in [3.63, 3.8) is 0 Å². The summed E-state index contributed by atoms with van der Waals surface area (Å²) in [5.74, 6) is -3.11. The zero-order chi connectivity index (χ0) is 16.5. The summed E-state index contributed by atoms with van der Waals surface area (Å²) in [6.45, 7) is 10.8. The van der Waals surface area contributed by atoms with E-state index in [-0.39, 0.29) is 16.2 Å². The molecule has 5 heteroatoms. The van der Waals surface area contributed by atoms with Crippen LogP contribution in [0.3, 0.4) is 0 Å². The Bertz CT molecular complexity index is 479. The van der Waals surface area contributed by atoms with E-state index in [1.807, 2.05) is 33.9 Å². The summed E-state index contributed by atoms with van der Waals surface area (Å²) < 4.78 is 34.6. The Kier molecular flexibility index (Phi) is 5.34. The molecule has 1 aromatic carbocycles. The van der Waals surface area contributed by atoms with Crippen LogP contribution in [0.1, 0.15) is 44.9 Å². The van der Waals surface area contributed by atoms with Crippen molar-refractivity contribution in [3.8, 4) is 0 Å². The summed E-state index contributed by atoms with van der Waals surface area (Å²) >= 11 is 0. The highest BCUT2D eigenvalue weighted by molar-refractivity contribution is 6.74. The average Bonchev–Trinajstić information content (AvgIpc) is 2.35. The summed E-state index contributed by atoms with van der Waals surface area (Å²) in [6, 6.07) is 6.09. The van der Waals surface area contributed by atoms with Gasteiger partial charge in [-0.05, 0) is 30.6 Å². The molecule has 0 radical (unpaired) electrons. The van der Waals surface area contributed by atoms with Gasteiger partial charge in [0.05, 0.1) is 6.10 Å². The first-order valence-corrected chi connectivity index (χ1v) is 10.1. The standard InChI is InChI=1S/C16H26F2O2Si/c1-12(19)13-9-7-8-10-14(13)16(17,18)11-20-21(5,6)15(2,3)4/h7-10,12,19H,11H2,1-6H3. The quantitative estimate of drug-likeness (QED) is 0.787. The fraction of sp³-hybridized carbons (Fsp3) is 0.625. The number of halogens is 2. The van der Waals surface area contributed by atoms with Crippen molar-refractivity contribution in [2.45, 2.75) is 57.9 Å². The predicted molar refractivity (Wildman–Crippen MR) is 84.1 cm³/mol. The topological polar surface area (TPSA) is 29.5 Å². The van der Waals surface area contributed by atoms with E-state index in [1.165, 1.54) is 19.1 Å². The Morgan fingerprint density at radius 3 is 2.19 bits per heavy atom. The van der Waals surface area contributed by atoms with Crippen LogP contribution in [-0.2, 0) is 10.3 Å². The number of rotatable bonds is 5. The zero-order valence-electron chi connectivity index (χ0n) is 13.7. The van der Waals surface area contributed by atoms with Crippen LogP contribution in [0.15, 0.2) is 24.3 Å². The third kappa shape index (κ3) is 4.34. The van der Waals surface area contributed by atoms with Gasteiger partial charge in [-0.25, -0.2) is 0 Å². The lowest BCUT2D eigenvalue weighted by Crippen LogP contribution is -2.43. The van der Waals surface area contributed by atoms with Gasteiger partial charge in [0.2, 0.25) is 0 Å². The Labute approximate surface area is 127 Å². The van der Waals surface area contributed by atoms with Gasteiger partial charge in [0.1, 0.15) is 6.61 Å². The second-order valence-electron chi connectivity index (χ2n) is 7.02. The summed E-state index contributed by atoms with van der Waals surface area (Å²) in [7, 11) is -2.23. The molecule has 1 unspecified atom stereocenters. The van der Waals surface area contributed by atoms with Crippen molar-refractivity contribution >= 4 is 8.32 Å². The van der Waals surface area contributed by atoms with Gasteiger partial charge in [-0.1, -0.05) is 45.0 Å². The van der Waals surface area contributed by atoms with Crippen LogP contribution >= 0.6 is 0 Å². The van der Waals surface area contributed by atoms with Gasteiger partial charge in [-0.15, -0.1) is 0 Å². The second-order valence-corrected chi connectivity index (χ2v) is 11.8. The van der Waals surface area contributed by atoms with Crippen LogP contribution in [-0.4, -0.2) is 20.0 Å². The van der Waals surface area contributed by atoms with Gasteiger partial charge < -0.3 is 9.53 Å². The van der Waals surface area contributed by atoms with Gasteiger partial charge in [-0.2, -0.15) is 8.78 Å². The molecule has 0 heterocycles. The Morgan fingerprint density at radius 1 is 1.19 bits per heavy atom. The van der Waals surface area contributed by atoms with Crippen LogP contribution in [0, 0.1) is 0 Å². The number of hydrogen-bond acceptors (Lipinski definition) is 2. The molecule has 0 aliphatic rings. The molecule has 1 rings (SSSR count). The largest absolute Gasteiger partial charge is 0.410 e. The Balaban J connectivity index is 2.98. The molecule has 0 saturated heterocycles. The molecular weight excluding hydrogens is 290 g/mol. The van der Waals surface area contributed by atoms with Gasteiger partial charge >= 0.3 is 0 Å². The van der Waals surface area contributed by atoms with Gasteiger partial charge in [-0.3, -0.25) is 0 Å². The van der Waals surface area contributed by atoms with Crippen molar-refractivity contribution in [1.82, 2.24) is 0 Å². The number of aliphatic hydroxyl groups excluding tert-OH is 1. The third-order valence-electron chi connectivity index (χ3n) is 4.23. The van der Waals surface area contributed by atoms with Crippen LogP contribution in [0.4, 0.5) is 8.78 Å². The molecule has 0 aliphatic heterocycles. The highest BCUT2D eigenvalue weighted by Crippen LogP contribution is 2.40. The van der Waals surface area contributed by atoms with Crippen LogP contribution in [0.2, 0.25) is 18.1 Å². The maximum atomic E-state index is 14.5. The molecule has 0 amide bonds. The van der Waals surface area contributed by atoms with Crippen molar-refractivity contribution < 1.29 is 18.3 Å². The van der Waals surface area contributed by atoms with Crippen molar-refractivity contribution in [2.75, 3.05) is 6.61 Å². The number of hydrogen-bond donors (Lipinski definition) is 1. The van der Waals surface area contributed by atoms with E-state index in [9.17, 15) is 13.9 Å². The SMILES string of the molecule is CC(O)c1ccccc1C(F)(F)CO[Si](C)(C)C(C)(C)C. The summed E-state index contributed by atoms with van der Waals surface area (Å²) in [6.07, 6.45) is -0.931. The van der Waals surface area contributed by atoms with Crippen LogP contribution in [0.25, 0.3) is 0 Å². The molecule has 0 saturated carbocycles. The molecule has 0 aliphatic carbocycles. The molecule has 1 N–H and O–H groups in total. The van der Waals surface area contributed by atoms with Crippen LogP contribution < -0.4 is 0 Å². The minimum Gasteiger partial charge on any atom is -0.410 e. The third-order valence-corrected chi connectivity index (χ3v) is 8.70. The lowest BCUT2D eigenvalue weighted by Gasteiger charge is -2.37. The summed E-state index contributed by atoms with van der Waals surface area (Å²) in [5.41, 5.74) is 0.0973. The van der Waals surface area contributed by atoms with Gasteiger partial charge in [0, 0.05) is 5.56 Å². The zero-order valence-corrected chi connectivity index (χ0v) is 14.7. The Morgan fingerprint density at radius 2 is 1.71 bits per heavy atom. The second kappa shape index (κ2) is 6.14. The van der Waals surface area contributed by atoms with Crippen molar-refractivity contribution in [2.24, 2.45) is 0 Å². The van der Waals surface area contributed by atoms with E-state index in [2.05, 4.69) is 0 Å². The number of aliphatic hydroxyl groups is 1. The first-order chi connectivity index (χ1) is 9.38. The fourth-order valence-corrected chi connectivity index (χ4v) is 2.73. The molecule has 2 nitrogen and oxygen atoms in total. The first-order valence-electron chi connectivity index (χ1n) is 7.18. The van der Waals surface area contributed by atoms with Crippen molar-refractivity contribution in [3.05, 3.63) is 35.4 Å². The maximum absolute atomic E-state index is 14.5. The number of benzene rings is 1. The normalized spacial score (nSPS) is 15.1. The molecule has 0 fully saturated rings. The van der Waals surface area contributed by atoms with E-state index in [0.717, 1.165) is 0 Å². The monoisotopic (exact) mass is 316 g/mol. The molecule has 0 spiro atoms.